The van der Waals surface area contributed by atoms with Gasteiger partial charge in [-0.2, -0.15) is 0 Å². The molecular weight excluding hydrogens is 234 g/mol. The summed E-state index contributed by atoms with van der Waals surface area (Å²) in [7, 11) is 1.42. The van der Waals surface area contributed by atoms with E-state index in [1.807, 2.05) is 39.0 Å². The molecule has 17 heavy (non-hydrogen) atoms. The normalized spacial score (nSPS) is 11.3. The van der Waals surface area contributed by atoms with E-state index in [0.29, 0.717) is 5.75 Å². The third-order valence-electron chi connectivity index (χ3n) is 2.58. The third kappa shape index (κ3) is 3.66. The highest BCUT2D eigenvalue weighted by molar-refractivity contribution is 7.99. The number of benzene rings is 1. The van der Waals surface area contributed by atoms with Gasteiger partial charge in [-0.25, -0.2) is 0 Å². The van der Waals surface area contributed by atoms with Crippen LogP contribution < -0.4 is 5.73 Å². The molecule has 1 aromatic rings. The van der Waals surface area contributed by atoms with Gasteiger partial charge in [0.05, 0.1) is 12.5 Å². The van der Waals surface area contributed by atoms with E-state index < -0.39 is 5.41 Å². The van der Waals surface area contributed by atoms with Gasteiger partial charge in [-0.05, 0) is 44.5 Å². The van der Waals surface area contributed by atoms with Crippen LogP contribution in [0.1, 0.15) is 19.4 Å². The minimum atomic E-state index is -0.477. The Kier molecular flexibility index (Phi) is 4.46. The molecule has 0 aliphatic carbocycles. The second-order valence-corrected chi connectivity index (χ2v) is 5.73. The Labute approximate surface area is 107 Å². The van der Waals surface area contributed by atoms with Crippen LogP contribution in [0.5, 0.6) is 0 Å². The molecule has 4 heteroatoms. The molecule has 0 heterocycles. The van der Waals surface area contributed by atoms with Gasteiger partial charge in [-0.1, -0.05) is 0 Å². The maximum absolute atomic E-state index is 11.5. The molecule has 0 unspecified atom stereocenters. The summed E-state index contributed by atoms with van der Waals surface area (Å²) in [6, 6.07) is 5.90. The first-order valence-electron chi connectivity index (χ1n) is 5.44. The Balaban J connectivity index is 2.67. The second kappa shape index (κ2) is 5.45. The van der Waals surface area contributed by atoms with Crippen molar-refractivity contribution in [2.75, 3.05) is 18.6 Å². The smallest absolute Gasteiger partial charge is 0.312 e. The molecule has 0 aliphatic rings. The largest absolute Gasteiger partial charge is 0.469 e. The lowest BCUT2D eigenvalue weighted by atomic mass is 9.97. The molecule has 94 valence electrons. The fraction of sp³-hybridized carbons (Fsp3) is 0.462. The Morgan fingerprint density at radius 3 is 2.65 bits per heavy atom. The monoisotopic (exact) mass is 253 g/mol. The second-order valence-electron chi connectivity index (χ2n) is 4.68. The van der Waals surface area contributed by atoms with Crippen molar-refractivity contribution in [2.45, 2.75) is 25.7 Å². The Morgan fingerprint density at radius 1 is 1.47 bits per heavy atom. The lowest BCUT2D eigenvalue weighted by Crippen LogP contribution is -2.28. The number of rotatable bonds is 4. The zero-order valence-electron chi connectivity index (χ0n) is 10.7. The van der Waals surface area contributed by atoms with E-state index in [-0.39, 0.29) is 5.97 Å². The molecule has 0 amide bonds. The number of ether oxygens (including phenoxy) is 1. The van der Waals surface area contributed by atoms with Crippen molar-refractivity contribution >= 4 is 23.4 Å². The summed E-state index contributed by atoms with van der Waals surface area (Å²) < 4.78 is 4.77. The predicted octanol–water partition coefficient (Wildman–Crippen LogP) is 2.87. The molecule has 0 aromatic heterocycles. The summed E-state index contributed by atoms with van der Waals surface area (Å²) >= 11 is 1.64. The number of thioether (sulfide) groups is 1. The van der Waals surface area contributed by atoms with Crippen LogP contribution in [0.25, 0.3) is 0 Å². The summed E-state index contributed by atoms with van der Waals surface area (Å²) in [5, 5.41) is 0. The van der Waals surface area contributed by atoms with Crippen molar-refractivity contribution in [3.8, 4) is 0 Å². The summed E-state index contributed by atoms with van der Waals surface area (Å²) in [4.78, 5) is 12.6. The van der Waals surface area contributed by atoms with Crippen molar-refractivity contribution in [2.24, 2.45) is 5.41 Å². The van der Waals surface area contributed by atoms with E-state index in [2.05, 4.69) is 0 Å². The van der Waals surface area contributed by atoms with Crippen LogP contribution in [0.3, 0.4) is 0 Å². The number of nitrogens with two attached hydrogens (primary N) is 1. The molecule has 0 fully saturated rings. The van der Waals surface area contributed by atoms with Gasteiger partial charge < -0.3 is 10.5 Å². The lowest BCUT2D eigenvalue weighted by molar-refractivity contribution is -0.149. The van der Waals surface area contributed by atoms with Crippen molar-refractivity contribution in [3.63, 3.8) is 0 Å². The number of carbonyl (C=O) groups is 1. The highest BCUT2D eigenvalue weighted by Crippen LogP contribution is 2.30. The van der Waals surface area contributed by atoms with Gasteiger partial charge in [-0.3, -0.25) is 4.79 Å². The fourth-order valence-corrected chi connectivity index (χ4v) is 2.41. The number of anilines is 1. The number of hydrogen-bond donors (Lipinski definition) is 1. The van der Waals surface area contributed by atoms with Crippen LogP contribution in [0.4, 0.5) is 5.69 Å². The molecule has 0 bridgehead atoms. The number of esters is 1. The van der Waals surface area contributed by atoms with E-state index in [9.17, 15) is 4.79 Å². The highest BCUT2D eigenvalue weighted by atomic mass is 32.2. The van der Waals surface area contributed by atoms with Gasteiger partial charge >= 0.3 is 5.97 Å². The van der Waals surface area contributed by atoms with Crippen LogP contribution in [-0.4, -0.2) is 18.8 Å². The summed E-state index contributed by atoms with van der Waals surface area (Å²) in [5.74, 6) is 0.500. The first kappa shape index (κ1) is 13.9. The van der Waals surface area contributed by atoms with Gasteiger partial charge in [0.1, 0.15) is 0 Å². The molecule has 1 aromatic carbocycles. The maximum Gasteiger partial charge on any atom is 0.312 e. The van der Waals surface area contributed by atoms with Gasteiger partial charge in [0.15, 0.2) is 0 Å². The number of methoxy groups -OCH3 is 1. The van der Waals surface area contributed by atoms with Crippen molar-refractivity contribution < 1.29 is 9.53 Å². The van der Waals surface area contributed by atoms with Gasteiger partial charge in [0.25, 0.3) is 0 Å². The van der Waals surface area contributed by atoms with Gasteiger partial charge in [-0.15, -0.1) is 11.8 Å². The van der Waals surface area contributed by atoms with Crippen molar-refractivity contribution in [1.82, 2.24) is 0 Å². The average molecular weight is 253 g/mol. The van der Waals surface area contributed by atoms with Crippen LogP contribution in [0, 0.1) is 12.3 Å². The van der Waals surface area contributed by atoms with E-state index in [4.69, 9.17) is 10.5 Å². The molecule has 2 N–H and O–H groups in total. The summed E-state index contributed by atoms with van der Waals surface area (Å²) in [5.41, 5.74) is 7.13. The number of aryl methyl sites for hydroxylation is 1. The lowest BCUT2D eigenvalue weighted by Gasteiger charge is -2.20. The predicted molar refractivity (Wildman–Crippen MR) is 72.1 cm³/mol. The molecule has 3 nitrogen and oxygen atoms in total. The number of hydrogen-bond acceptors (Lipinski definition) is 4. The summed E-state index contributed by atoms with van der Waals surface area (Å²) in [6.45, 7) is 5.75. The van der Waals surface area contributed by atoms with Crippen LogP contribution >= 0.6 is 11.8 Å². The van der Waals surface area contributed by atoms with Gasteiger partial charge in [0, 0.05) is 16.3 Å². The Hall–Kier alpha value is -1.16. The van der Waals surface area contributed by atoms with Gasteiger partial charge in [0.2, 0.25) is 0 Å². The Morgan fingerprint density at radius 2 is 2.12 bits per heavy atom. The molecule has 1 rings (SSSR count). The minimum absolute atomic E-state index is 0.183. The summed E-state index contributed by atoms with van der Waals surface area (Å²) in [6.07, 6.45) is 0. The van der Waals surface area contributed by atoms with Crippen LogP contribution in [0.15, 0.2) is 23.1 Å². The van der Waals surface area contributed by atoms with E-state index >= 15 is 0 Å². The molecule has 0 radical (unpaired) electrons. The first-order valence-corrected chi connectivity index (χ1v) is 6.43. The van der Waals surface area contributed by atoms with Crippen molar-refractivity contribution in [3.05, 3.63) is 23.8 Å². The topological polar surface area (TPSA) is 52.3 Å². The zero-order chi connectivity index (χ0) is 13.1. The molecule has 0 atom stereocenters. The molecular formula is C13H19NO2S. The first-order chi connectivity index (χ1) is 7.86. The third-order valence-corrected chi connectivity index (χ3v) is 4.03. The SMILES string of the molecule is COC(=O)C(C)(C)CSc1ccc(N)c(C)c1. The number of carbonyl (C=O) groups excluding carboxylic acids is 1. The average Bonchev–Trinajstić information content (AvgIpc) is 2.29. The minimum Gasteiger partial charge on any atom is -0.469 e. The molecule has 0 saturated carbocycles. The van der Waals surface area contributed by atoms with Crippen molar-refractivity contribution in [1.29, 1.82) is 0 Å². The van der Waals surface area contributed by atoms with Crippen LogP contribution in [-0.2, 0) is 9.53 Å². The highest BCUT2D eigenvalue weighted by Gasteiger charge is 2.28. The zero-order valence-corrected chi connectivity index (χ0v) is 11.6. The molecule has 0 saturated heterocycles. The molecule has 0 spiro atoms. The van der Waals surface area contributed by atoms with E-state index in [1.165, 1.54) is 7.11 Å². The standard InChI is InChI=1S/C13H19NO2S/c1-9-7-10(5-6-11(9)14)17-8-13(2,3)12(15)16-4/h5-7H,8,14H2,1-4H3. The fourth-order valence-electron chi connectivity index (χ4n) is 1.34. The van der Waals surface area contributed by atoms with Crippen LogP contribution in [0.2, 0.25) is 0 Å². The maximum atomic E-state index is 11.5. The number of nitrogen functional groups attached to an aromatic ring is 1. The van der Waals surface area contributed by atoms with E-state index in [1.54, 1.807) is 11.8 Å². The Bertz CT molecular complexity index is 416. The molecule has 0 aliphatic heterocycles. The quantitative estimate of drug-likeness (QED) is 0.509. The van der Waals surface area contributed by atoms with E-state index in [0.717, 1.165) is 16.1 Å².